The van der Waals surface area contributed by atoms with E-state index < -0.39 is 89.6 Å². The van der Waals surface area contributed by atoms with Crippen LogP contribution in [-0.2, 0) is 19.4 Å². The van der Waals surface area contributed by atoms with E-state index in [0.29, 0.717) is 19.4 Å². The van der Waals surface area contributed by atoms with Gasteiger partial charge in [0.05, 0.1) is 61.0 Å². The van der Waals surface area contributed by atoms with Crippen molar-refractivity contribution in [2.45, 2.75) is 145 Å². The molecule has 57 heavy (non-hydrogen) atoms. The third-order valence-electron chi connectivity index (χ3n) is 8.53. The summed E-state index contributed by atoms with van der Waals surface area (Å²) in [6.45, 7) is 5.29. The molecule has 0 aromatic carbocycles. The van der Waals surface area contributed by atoms with Gasteiger partial charge in [0.25, 0.3) is 0 Å². The first kappa shape index (κ1) is 53.9. The maximum absolute atomic E-state index is 12.7. The fourth-order valence-corrected chi connectivity index (χ4v) is 6.10. The van der Waals surface area contributed by atoms with Gasteiger partial charge in [-0.3, -0.25) is 14.3 Å². The molecule has 0 aromatic rings. The van der Waals surface area contributed by atoms with Gasteiger partial charge in [-0.2, -0.15) is 8.42 Å². The second-order valence-electron chi connectivity index (χ2n) is 14.0. The minimum Gasteiger partial charge on any atom is -0.393 e. The minimum absolute atomic E-state index is 0.00317. The van der Waals surface area contributed by atoms with E-state index in [9.17, 15) is 59.2 Å². The minimum atomic E-state index is -4.86. The van der Waals surface area contributed by atoms with Crippen LogP contribution in [0.5, 0.6) is 0 Å². The summed E-state index contributed by atoms with van der Waals surface area (Å²) in [7, 11) is -4.86. The van der Waals surface area contributed by atoms with Crippen LogP contribution in [0.4, 0.5) is 0 Å². The van der Waals surface area contributed by atoms with Crippen LogP contribution in [-0.4, -0.2) is 138 Å². The molecule has 11 atom stereocenters. The summed E-state index contributed by atoms with van der Waals surface area (Å²) in [5.41, 5.74) is 10.5. The van der Waals surface area contributed by atoms with Crippen LogP contribution in [0.1, 0.15) is 84.0 Å². The predicted octanol–water partition coefficient (Wildman–Crippen LogP) is 0.549. The molecule has 0 amide bonds. The fraction of sp³-hybridized carbons (Fsp3) is 0.641. The van der Waals surface area contributed by atoms with E-state index in [1.807, 2.05) is 0 Å². The van der Waals surface area contributed by atoms with Crippen molar-refractivity contribution in [1.82, 2.24) is 0 Å². The van der Waals surface area contributed by atoms with E-state index in [2.05, 4.69) is 15.8 Å². The Kier molecular flexibility index (Phi) is 29.2. The summed E-state index contributed by atoms with van der Waals surface area (Å²) in [5.74, 6) is -1.61. The Balaban J connectivity index is 4.55. The average molecular weight is 834 g/mol. The van der Waals surface area contributed by atoms with Crippen LogP contribution < -0.4 is 11.5 Å². The van der Waals surface area contributed by atoms with Gasteiger partial charge in [-0.1, -0.05) is 80.3 Å². The molecular weight excluding hydrogens is 767 g/mol. The summed E-state index contributed by atoms with van der Waals surface area (Å²) >= 11 is 0. The monoisotopic (exact) mass is 833 g/mol. The van der Waals surface area contributed by atoms with Crippen LogP contribution in [0, 0.1) is 5.92 Å². The van der Waals surface area contributed by atoms with Crippen molar-refractivity contribution >= 4 is 22.1 Å². The predicted molar refractivity (Wildman–Crippen MR) is 217 cm³/mol. The van der Waals surface area contributed by atoms with E-state index in [4.69, 9.17) is 16.0 Å². The van der Waals surface area contributed by atoms with Gasteiger partial charge in [0.1, 0.15) is 5.78 Å². The molecule has 14 N–H and O–H groups in total. The number of hydrogen-bond donors (Lipinski definition) is 12. The zero-order valence-corrected chi connectivity index (χ0v) is 33.5. The molecule has 11 unspecified atom stereocenters. The topological polar surface area (TPSA) is 327 Å². The van der Waals surface area contributed by atoms with E-state index in [1.165, 1.54) is 49.5 Å². The lowest BCUT2D eigenvalue weighted by molar-refractivity contribution is -0.127. The van der Waals surface area contributed by atoms with Gasteiger partial charge in [-0.15, -0.1) is 0 Å². The molecule has 18 heteroatoms. The van der Waals surface area contributed by atoms with Crippen LogP contribution in [0.3, 0.4) is 0 Å². The molecule has 0 spiro atoms. The van der Waals surface area contributed by atoms with Crippen molar-refractivity contribution in [3.05, 3.63) is 73.4 Å². The number of aliphatic imine (C=N–C) groups is 1. The largest absolute Gasteiger partial charge is 0.397 e. The van der Waals surface area contributed by atoms with Gasteiger partial charge in [0, 0.05) is 38.1 Å². The fourth-order valence-electron chi connectivity index (χ4n) is 5.54. The van der Waals surface area contributed by atoms with Gasteiger partial charge in [0.15, 0.2) is 5.96 Å². The number of allylic oxidation sites excluding steroid dienone is 4. The Morgan fingerprint density at radius 1 is 0.667 bits per heavy atom. The lowest BCUT2D eigenvalue weighted by atomic mass is 9.92. The third-order valence-corrected chi connectivity index (χ3v) is 9.02. The molecular formula is C39H67N3O14S. The molecule has 17 nitrogen and oxygen atoms in total. The van der Waals surface area contributed by atoms with E-state index in [1.54, 1.807) is 24.3 Å². The lowest BCUT2D eigenvalue weighted by Crippen LogP contribution is -2.32. The summed E-state index contributed by atoms with van der Waals surface area (Å²) < 4.78 is 36.4. The van der Waals surface area contributed by atoms with Gasteiger partial charge < -0.3 is 57.4 Å². The first-order valence-corrected chi connectivity index (χ1v) is 20.4. The van der Waals surface area contributed by atoms with Gasteiger partial charge in [-0.25, -0.2) is 4.18 Å². The molecule has 0 saturated carbocycles. The Morgan fingerprint density at radius 2 is 1.14 bits per heavy atom. The first-order chi connectivity index (χ1) is 26.7. The normalized spacial score (nSPS) is 18.7. The van der Waals surface area contributed by atoms with Gasteiger partial charge >= 0.3 is 10.4 Å². The Morgan fingerprint density at radius 3 is 1.63 bits per heavy atom. The van der Waals surface area contributed by atoms with E-state index in [-0.39, 0.29) is 63.7 Å². The molecule has 328 valence electrons. The summed E-state index contributed by atoms with van der Waals surface area (Å²) in [6, 6.07) is 0. The molecule has 0 heterocycles. The van der Waals surface area contributed by atoms with Crippen molar-refractivity contribution < 1.29 is 67.9 Å². The Hall–Kier alpha value is -3.11. The highest BCUT2D eigenvalue weighted by molar-refractivity contribution is 7.80. The SMILES string of the molecule is C=CC=CC=CCC(OS(=O)(=O)O)C(C)C(=O)CC(O)CC(O)C=CCC(O)CC(O)CC(O)C=CCC(O)CC(O)C=CCC(O)CC(O)CCCN=C(N)N. The number of carbonyl (C=O) groups is 1. The molecule has 0 aromatic heterocycles. The van der Waals surface area contributed by atoms with Crippen LogP contribution in [0.25, 0.3) is 0 Å². The number of hydrogen-bond acceptors (Lipinski definition) is 14. The second kappa shape index (κ2) is 30.9. The quantitative estimate of drug-likeness (QED) is 0.0107. The van der Waals surface area contributed by atoms with Gasteiger partial charge in [-0.05, 0) is 51.4 Å². The number of rotatable bonds is 33. The molecule has 0 rings (SSSR count). The molecule has 0 radical (unpaired) electrons. The second-order valence-corrected chi connectivity index (χ2v) is 15.1. The number of guanidine groups is 1. The van der Waals surface area contributed by atoms with Crippen molar-refractivity contribution in [2.75, 3.05) is 6.54 Å². The molecule has 0 bridgehead atoms. The summed E-state index contributed by atoms with van der Waals surface area (Å²) in [4.78, 5) is 16.6. The summed E-state index contributed by atoms with van der Waals surface area (Å²) in [6.07, 6.45) is 6.72. The first-order valence-electron chi connectivity index (χ1n) is 19.0. The lowest BCUT2D eigenvalue weighted by Gasteiger charge is -2.22. The van der Waals surface area contributed by atoms with Crippen molar-refractivity contribution in [3.8, 4) is 0 Å². The molecule has 0 aliphatic heterocycles. The zero-order chi connectivity index (χ0) is 43.4. The Labute approximate surface area is 336 Å². The number of aliphatic hydroxyl groups excluding tert-OH is 9. The highest BCUT2D eigenvalue weighted by atomic mass is 32.3. The smallest absolute Gasteiger partial charge is 0.393 e. The van der Waals surface area contributed by atoms with Crippen molar-refractivity contribution in [2.24, 2.45) is 22.4 Å². The molecule has 0 aliphatic carbocycles. The number of carbonyl (C=O) groups excluding carboxylic acids is 1. The van der Waals surface area contributed by atoms with Crippen LogP contribution in [0.15, 0.2) is 78.4 Å². The van der Waals surface area contributed by atoms with Crippen molar-refractivity contribution in [1.29, 1.82) is 0 Å². The zero-order valence-electron chi connectivity index (χ0n) is 32.7. The van der Waals surface area contributed by atoms with Crippen LogP contribution in [0.2, 0.25) is 0 Å². The van der Waals surface area contributed by atoms with Gasteiger partial charge in [0.2, 0.25) is 0 Å². The highest BCUT2D eigenvalue weighted by Crippen LogP contribution is 2.20. The standard InChI is InChI=1S/C39H67N3O14S/c1-3-4-5-6-7-19-38(56-57(53,54)55)27(2)37(52)26-36(51)25-33(48)17-10-16-32(47)24-35(50)23-31(46)15-9-14-29(44)21-28(43)12-8-13-30(45)22-34(49)18-11-20-42-39(40)41/h3-10,12,15,17,27-36,38,43-51H,1,11,13-14,16,18-26H2,2H3,(H4,40,41,42)(H,53,54,55). The summed E-state index contributed by atoms with van der Waals surface area (Å²) in [5, 5.41) is 91.9. The maximum atomic E-state index is 12.7. The number of nitrogens with zero attached hydrogens (tertiary/aromatic N) is 1. The molecule has 0 saturated heterocycles. The number of ketones is 1. The Bertz CT molecular complexity index is 1400. The van der Waals surface area contributed by atoms with Crippen LogP contribution >= 0.6 is 0 Å². The third kappa shape index (κ3) is 31.6. The maximum Gasteiger partial charge on any atom is 0.397 e. The molecule has 0 fully saturated rings. The van der Waals surface area contributed by atoms with Crippen molar-refractivity contribution in [3.63, 3.8) is 0 Å². The van der Waals surface area contributed by atoms with E-state index in [0.717, 1.165) is 0 Å². The molecule has 0 aliphatic rings. The average Bonchev–Trinajstić information content (AvgIpc) is 3.08. The number of Topliss-reactive ketones (excluding diaryl/α,β-unsaturated/α-hetero) is 1. The number of aliphatic hydroxyl groups is 9. The van der Waals surface area contributed by atoms with E-state index >= 15 is 0 Å². The highest BCUT2D eigenvalue weighted by Gasteiger charge is 2.29. The number of nitrogens with two attached hydrogens (primary N) is 2.